The van der Waals surface area contributed by atoms with Gasteiger partial charge in [0, 0.05) is 0 Å². The van der Waals surface area contributed by atoms with Gasteiger partial charge in [-0.1, -0.05) is 24.3 Å². The molecule has 2 aliphatic rings. The standard InChI is InChI=1S/C16H16FNO3/c17-13-3-1-2-4-14(13)18-15(19)9-21-16(20)12-8-10-5-6-11(12)7-10/h1-6,10-12H,7-9H2,(H,18,19)/t10-,11+,12+/m1/s1. The van der Waals surface area contributed by atoms with Gasteiger partial charge in [-0.15, -0.1) is 0 Å². The van der Waals surface area contributed by atoms with Gasteiger partial charge in [0.05, 0.1) is 11.6 Å². The fourth-order valence-corrected chi connectivity index (χ4v) is 3.04. The molecule has 0 unspecified atom stereocenters. The van der Waals surface area contributed by atoms with Gasteiger partial charge in [-0.05, 0) is 36.8 Å². The van der Waals surface area contributed by atoms with Gasteiger partial charge in [0.1, 0.15) is 5.82 Å². The Bertz CT molecular complexity index is 599. The van der Waals surface area contributed by atoms with Crippen LogP contribution in [0.5, 0.6) is 0 Å². The monoisotopic (exact) mass is 289 g/mol. The molecule has 2 bridgehead atoms. The van der Waals surface area contributed by atoms with Gasteiger partial charge in [0.25, 0.3) is 5.91 Å². The van der Waals surface area contributed by atoms with Crippen LogP contribution >= 0.6 is 0 Å². The number of hydrogen-bond acceptors (Lipinski definition) is 3. The number of benzene rings is 1. The van der Waals surface area contributed by atoms with Crippen molar-refractivity contribution >= 4 is 17.6 Å². The molecular formula is C16H16FNO3. The molecule has 1 amide bonds. The summed E-state index contributed by atoms with van der Waals surface area (Å²) in [6.45, 7) is -0.384. The lowest BCUT2D eigenvalue weighted by Crippen LogP contribution is -2.26. The van der Waals surface area contributed by atoms with Crippen LogP contribution < -0.4 is 5.32 Å². The molecule has 1 N–H and O–H groups in total. The van der Waals surface area contributed by atoms with Gasteiger partial charge in [0.2, 0.25) is 0 Å². The van der Waals surface area contributed by atoms with Gasteiger partial charge in [0.15, 0.2) is 6.61 Å². The molecule has 3 atom stereocenters. The number of hydrogen-bond donors (Lipinski definition) is 1. The number of carbonyl (C=O) groups is 2. The van der Waals surface area contributed by atoms with Crippen molar-refractivity contribution in [3.63, 3.8) is 0 Å². The molecule has 110 valence electrons. The fraction of sp³-hybridized carbons (Fsp3) is 0.375. The molecule has 5 heteroatoms. The summed E-state index contributed by atoms with van der Waals surface area (Å²) >= 11 is 0. The highest BCUT2D eigenvalue weighted by Gasteiger charge is 2.40. The Morgan fingerprint density at radius 2 is 2.05 bits per heavy atom. The van der Waals surface area contributed by atoms with Crippen molar-refractivity contribution in [1.29, 1.82) is 0 Å². The molecule has 1 aromatic rings. The zero-order chi connectivity index (χ0) is 14.8. The molecule has 0 aromatic heterocycles. The predicted octanol–water partition coefficient (Wildman–Crippen LogP) is 2.52. The number of para-hydroxylation sites is 1. The Morgan fingerprint density at radius 1 is 1.24 bits per heavy atom. The number of ether oxygens (including phenoxy) is 1. The van der Waals surface area contributed by atoms with Crippen LogP contribution in [-0.2, 0) is 14.3 Å². The highest BCUT2D eigenvalue weighted by atomic mass is 19.1. The second kappa shape index (κ2) is 5.68. The zero-order valence-electron chi connectivity index (χ0n) is 11.4. The fourth-order valence-electron chi connectivity index (χ4n) is 3.04. The van der Waals surface area contributed by atoms with E-state index in [1.807, 2.05) is 0 Å². The number of fused-ring (bicyclic) bond motifs is 2. The van der Waals surface area contributed by atoms with E-state index in [1.54, 1.807) is 6.07 Å². The van der Waals surface area contributed by atoms with E-state index in [9.17, 15) is 14.0 Å². The summed E-state index contributed by atoms with van der Waals surface area (Å²) in [5.74, 6) is -0.809. The summed E-state index contributed by atoms with van der Waals surface area (Å²) < 4.78 is 18.4. The number of amides is 1. The lowest BCUT2D eigenvalue weighted by atomic mass is 9.94. The van der Waals surface area contributed by atoms with Crippen molar-refractivity contribution in [3.8, 4) is 0 Å². The molecule has 0 aliphatic heterocycles. The summed E-state index contributed by atoms with van der Waals surface area (Å²) in [6, 6.07) is 5.86. The van der Waals surface area contributed by atoms with Crippen molar-refractivity contribution in [2.24, 2.45) is 17.8 Å². The second-order valence-electron chi connectivity index (χ2n) is 5.52. The van der Waals surface area contributed by atoms with Crippen LogP contribution in [0.2, 0.25) is 0 Å². The minimum atomic E-state index is -0.535. The highest BCUT2D eigenvalue weighted by Crippen LogP contribution is 2.43. The van der Waals surface area contributed by atoms with Crippen molar-refractivity contribution < 1.29 is 18.7 Å². The molecule has 1 fully saturated rings. The largest absolute Gasteiger partial charge is 0.455 e. The second-order valence-corrected chi connectivity index (χ2v) is 5.52. The van der Waals surface area contributed by atoms with Crippen molar-refractivity contribution in [2.45, 2.75) is 12.8 Å². The number of allylic oxidation sites excluding steroid dienone is 2. The third-order valence-corrected chi connectivity index (χ3v) is 4.08. The topological polar surface area (TPSA) is 55.4 Å². The van der Waals surface area contributed by atoms with E-state index in [1.165, 1.54) is 18.2 Å². The van der Waals surface area contributed by atoms with Gasteiger partial charge in [-0.25, -0.2) is 4.39 Å². The Kier molecular flexibility index (Phi) is 3.73. The average Bonchev–Trinajstić information content (AvgIpc) is 3.10. The first-order valence-corrected chi connectivity index (χ1v) is 7.03. The number of nitrogens with one attached hydrogen (secondary N) is 1. The van der Waals surface area contributed by atoms with Crippen LogP contribution in [-0.4, -0.2) is 18.5 Å². The summed E-state index contributed by atoms with van der Waals surface area (Å²) in [6.07, 6.45) is 6.00. The Balaban J connectivity index is 1.49. The van der Waals surface area contributed by atoms with Crippen LogP contribution in [0, 0.1) is 23.6 Å². The zero-order valence-corrected chi connectivity index (χ0v) is 11.4. The van der Waals surface area contributed by atoms with Gasteiger partial charge >= 0.3 is 5.97 Å². The summed E-state index contributed by atoms with van der Waals surface area (Å²) in [5.41, 5.74) is 0.0846. The SMILES string of the molecule is O=C(COC(=O)[C@H]1C[C@@H]2C=C[C@H]1C2)Nc1ccccc1F. The van der Waals surface area contributed by atoms with Gasteiger partial charge in [-0.3, -0.25) is 9.59 Å². The third-order valence-electron chi connectivity index (χ3n) is 4.08. The minimum Gasteiger partial charge on any atom is -0.455 e. The summed E-state index contributed by atoms with van der Waals surface area (Å²) in [5, 5.41) is 2.38. The number of anilines is 1. The molecule has 21 heavy (non-hydrogen) atoms. The first kappa shape index (κ1) is 13.8. The van der Waals surface area contributed by atoms with E-state index < -0.39 is 11.7 Å². The van der Waals surface area contributed by atoms with E-state index in [0.29, 0.717) is 5.92 Å². The highest BCUT2D eigenvalue weighted by molar-refractivity contribution is 5.93. The quantitative estimate of drug-likeness (QED) is 0.684. The van der Waals surface area contributed by atoms with Crippen LogP contribution in [0.25, 0.3) is 0 Å². The maximum atomic E-state index is 13.4. The Hall–Kier alpha value is -2.17. The van der Waals surface area contributed by atoms with E-state index in [-0.39, 0.29) is 30.1 Å². The average molecular weight is 289 g/mol. The van der Waals surface area contributed by atoms with Gasteiger partial charge < -0.3 is 10.1 Å². The van der Waals surface area contributed by atoms with E-state index >= 15 is 0 Å². The number of esters is 1. The molecule has 0 saturated heterocycles. The van der Waals surface area contributed by atoms with Crippen LogP contribution in [0.4, 0.5) is 10.1 Å². The maximum Gasteiger partial charge on any atom is 0.310 e. The summed E-state index contributed by atoms with van der Waals surface area (Å²) in [7, 11) is 0. The molecule has 2 aliphatic carbocycles. The smallest absolute Gasteiger partial charge is 0.310 e. The van der Waals surface area contributed by atoms with Crippen LogP contribution in [0.3, 0.4) is 0 Å². The number of halogens is 1. The lowest BCUT2D eigenvalue weighted by molar-refractivity contribution is -0.152. The predicted molar refractivity (Wildman–Crippen MR) is 74.8 cm³/mol. The van der Waals surface area contributed by atoms with E-state index in [4.69, 9.17) is 4.74 Å². The first-order chi connectivity index (χ1) is 10.1. The summed E-state index contributed by atoms with van der Waals surface area (Å²) in [4.78, 5) is 23.6. The van der Waals surface area contributed by atoms with Crippen LogP contribution in [0.1, 0.15) is 12.8 Å². The molecule has 3 rings (SSSR count). The maximum absolute atomic E-state index is 13.4. The van der Waals surface area contributed by atoms with E-state index in [0.717, 1.165) is 12.8 Å². The first-order valence-electron chi connectivity index (χ1n) is 7.03. The van der Waals surface area contributed by atoms with E-state index in [2.05, 4.69) is 17.5 Å². The third kappa shape index (κ3) is 2.96. The molecule has 1 aromatic carbocycles. The molecule has 0 spiro atoms. The molecule has 1 saturated carbocycles. The number of carbonyl (C=O) groups excluding carboxylic acids is 2. The molecule has 0 radical (unpaired) electrons. The Morgan fingerprint density at radius 3 is 2.71 bits per heavy atom. The van der Waals surface area contributed by atoms with Crippen molar-refractivity contribution in [3.05, 3.63) is 42.2 Å². The number of rotatable bonds is 4. The minimum absolute atomic E-state index is 0.0846. The van der Waals surface area contributed by atoms with Gasteiger partial charge in [-0.2, -0.15) is 0 Å². The Labute approximate surface area is 122 Å². The lowest BCUT2D eigenvalue weighted by Gasteiger charge is -2.16. The molecule has 4 nitrogen and oxygen atoms in total. The normalized spacial score (nSPS) is 25.9. The van der Waals surface area contributed by atoms with Crippen LogP contribution in [0.15, 0.2) is 36.4 Å². The molecular weight excluding hydrogens is 273 g/mol. The van der Waals surface area contributed by atoms with Crippen molar-refractivity contribution in [2.75, 3.05) is 11.9 Å². The molecule has 0 heterocycles. The van der Waals surface area contributed by atoms with Crippen molar-refractivity contribution in [1.82, 2.24) is 0 Å².